The lowest BCUT2D eigenvalue weighted by molar-refractivity contribution is -0.137. The fourth-order valence-electron chi connectivity index (χ4n) is 2.56. The van der Waals surface area contributed by atoms with Gasteiger partial charge in [-0.2, -0.15) is 0 Å². The molecule has 0 unspecified atom stereocenters. The maximum absolute atomic E-state index is 10.5. The summed E-state index contributed by atoms with van der Waals surface area (Å²) in [5.74, 6) is -0.723. The van der Waals surface area contributed by atoms with Gasteiger partial charge in [0.2, 0.25) is 0 Å². The van der Waals surface area contributed by atoms with Crippen LogP contribution in [0.15, 0.2) is 30.3 Å². The molecule has 0 amide bonds. The maximum Gasteiger partial charge on any atom is 0.303 e. The summed E-state index contributed by atoms with van der Waals surface area (Å²) in [7, 11) is 0. The number of rotatable bonds is 5. The molecular formula is C15H21NO3. The highest BCUT2D eigenvalue weighted by Gasteiger charge is 2.33. The fraction of sp³-hybridized carbons (Fsp3) is 0.533. The molecule has 4 heteroatoms. The molecule has 0 saturated carbocycles. The van der Waals surface area contributed by atoms with Crippen LogP contribution in [0.3, 0.4) is 0 Å². The predicted molar refractivity (Wildman–Crippen MR) is 73.1 cm³/mol. The molecule has 1 saturated heterocycles. The molecule has 1 aliphatic heterocycles. The van der Waals surface area contributed by atoms with Crippen LogP contribution in [0, 0.1) is 0 Å². The standard InChI is InChI=1S/C15H21NO3/c1-15(13-6-3-2-4-7-13)12-16(10-11-19-15)9-5-8-14(17)18/h2-4,6-7H,5,8-12H2,1H3,(H,17,18)/t15-/m0/s1. The molecule has 1 fully saturated rings. The van der Waals surface area contributed by atoms with Crippen LogP contribution >= 0.6 is 0 Å². The van der Waals surface area contributed by atoms with Crippen molar-refractivity contribution in [3.63, 3.8) is 0 Å². The van der Waals surface area contributed by atoms with Gasteiger partial charge < -0.3 is 9.84 Å². The van der Waals surface area contributed by atoms with Crippen molar-refractivity contribution in [2.75, 3.05) is 26.2 Å². The van der Waals surface area contributed by atoms with Crippen LogP contribution in [-0.4, -0.2) is 42.2 Å². The van der Waals surface area contributed by atoms with E-state index in [2.05, 4.69) is 24.0 Å². The van der Waals surface area contributed by atoms with E-state index in [-0.39, 0.29) is 12.0 Å². The molecule has 0 aromatic heterocycles. The number of benzene rings is 1. The van der Waals surface area contributed by atoms with Crippen molar-refractivity contribution in [1.29, 1.82) is 0 Å². The van der Waals surface area contributed by atoms with Crippen LogP contribution in [-0.2, 0) is 15.1 Å². The number of aliphatic carboxylic acids is 1. The van der Waals surface area contributed by atoms with Gasteiger partial charge in [-0.15, -0.1) is 0 Å². The van der Waals surface area contributed by atoms with Crippen LogP contribution in [0.5, 0.6) is 0 Å². The molecule has 0 bridgehead atoms. The Bertz CT molecular complexity index is 421. The van der Waals surface area contributed by atoms with Crippen LogP contribution in [0.2, 0.25) is 0 Å². The first-order valence-electron chi connectivity index (χ1n) is 6.74. The molecule has 0 radical (unpaired) electrons. The van der Waals surface area contributed by atoms with E-state index in [0.29, 0.717) is 13.0 Å². The first-order chi connectivity index (χ1) is 9.10. The Morgan fingerprint density at radius 3 is 2.84 bits per heavy atom. The summed E-state index contributed by atoms with van der Waals surface area (Å²) >= 11 is 0. The summed E-state index contributed by atoms with van der Waals surface area (Å²) in [6.07, 6.45) is 0.930. The lowest BCUT2D eigenvalue weighted by Gasteiger charge is -2.41. The van der Waals surface area contributed by atoms with Crippen LogP contribution in [0.25, 0.3) is 0 Å². The van der Waals surface area contributed by atoms with Gasteiger partial charge in [0, 0.05) is 19.5 Å². The van der Waals surface area contributed by atoms with Gasteiger partial charge in [0.15, 0.2) is 0 Å². The number of carbonyl (C=O) groups is 1. The second-order valence-electron chi connectivity index (χ2n) is 5.22. The van der Waals surface area contributed by atoms with Crippen LogP contribution < -0.4 is 0 Å². The quantitative estimate of drug-likeness (QED) is 0.884. The topological polar surface area (TPSA) is 49.8 Å². The van der Waals surface area contributed by atoms with Gasteiger partial charge in [-0.1, -0.05) is 30.3 Å². The average molecular weight is 263 g/mol. The van der Waals surface area contributed by atoms with Crippen molar-refractivity contribution in [2.24, 2.45) is 0 Å². The van der Waals surface area contributed by atoms with Crippen molar-refractivity contribution in [3.8, 4) is 0 Å². The first kappa shape index (κ1) is 14.0. The molecule has 0 spiro atoms. The second kappa shape index (κ2) is 6.17. The Kier molecular flexibility index (Phi) is 4.56. The molecule has 1 atom stereocenters. The Morgan fingerprint density at radius 2 is 2.16 bits per heavy atom. The normalized spacial score (nSPS) is 24.3. The molecule has 1 aliphatic rings. The molecule has 2 rings (SSSR count). The van der Waals surface area contributed by atoms with Crippen molar-refractivity contribution < 1.29 is 14.6 Å². The number of hydrogen-bond acceptors (Lipinski definition) is 3. The van der Waals surface area contributed by atoms with Crippen molar-refractivity contribution in [1.82, 2.24) is 4.90 Å². The largest absolute Gasteiger partial charge is 0.481 e. The highest BCUT2D eigenvalue weighted by atomic mass is 16.5. The van der Waals surface area contributed by atoms with Gasteiger partial charge in [0.25, 0.3) is 0 Å². The monoisotopic (exact) mass is 263 g/mol. The average Bonchev–Trinajstić information content (AvgIpc) is 2.39. The molecule has 4 nitrogen and oxygen atoms in total. The molecule has 19 heavy (non-hydrogen) atoms. The van der Waals surface area contributed by atoms with Gasteiger partial charge in [-0.05, 0) is 25.5 Å². The third kappa shape index (κ3) is 3.78. The van der Waals surface area contributed by atoms with E-state index < -0.39 is 5.97 Å². The zero-order valence-electron chi connectivity index (χ0n) is 11.3. The highest BCUT2D eigenvalue weighted by molar-refractivity contribution is 5.66. The molecule has 1 N–H and O–H groups in total. The number of carboxylic acids is 1. The van der Waals surface area contributed by atoms with Gasteiger partial charge in [-0.25, -0.2) is 0 Å². The zero-order valence-corrected chi connectivity index (χ0v) is 11.3. The van der Waals surface area contributed by atoms with E-state index in [1.807, 2.05) is 18.2 Å². The minimum Gasteiger partial charge on any atom is -0.481 e. The van der Waals surface area contributed by atoms with Crippen molar-refractivity contribution in [3.05, 3.63) is 35.9 Å². The summed E-state index contributed by atoms with van der Waals surface area (Å²) in [5.41, 5.74) is 0.890. The van der Waals surface area contributed by atoms with Gasteiger partial charge >= 0.3 is 5.97 Å². The Balaban J connectivity index is 1.94. The highest BCUT2D eigenvalue weighted by Crippen LogP contribution is 2.29. The predicted octanol–water partition coefficient (Wildman–Crippen LogP) is 2.10. The Labute approximate surface area is 114 Å². The number of hydrogen-bond donors (Lipinski definition) is 1. The van der Waals surface area contributed by atoms with E-state index >= 15 is 0 Å². The zero-order chi connectivity index (χ0) is 13.7. The third-order valence-corrected chi connectivity index (χ3v) is 3.60. The van der Waals surface area contributed by atoms with Crippen molar-refractivity contribution >= 4 is 5.97 Å². The molecule has 1 aromatic rings. The molecule has 104 valence electrons. The molecule has 0 aliphatic carbocycles. The SMILES string of the molecule is C[C@@]1(c2ccccc2)CN(CCCC(=O)O)CCO1. The fourth-order valence-corrected chi connectivity index (χ4v) is 2.56. The Morgan fingerprint density at radius 1 is 1.42 bits per heavy atom. The lowest BCUT2D eigenvalue weighted by Crippen LogP contribution is -2.48. The molecule has 1 heterocycles. The Hall–Kier alpha value is -1.39. The van der Waals surface area contributed by atoms with Gasteiger partial charge in [-0.3, -0.25) is 9.69 Å². The third-order valence-electron chi connectivity index (χ3n) is 3.60. The van der Waals surface area contributed by atoms with Crippen molar-refractivity contribution in [2.45, 2.75) is 25.4 Å². The number of carboxylic acid groups (broad SMARTS) is 1. The summed E-state index contributed by atoms with van der Waals surface area (Å²) in [4.78, 5) is 12.8. The van der Waals surface area contributed by atoms with E-state index in [0.717, 1.165) is 19.6 Å². The number of nitrogens with zero attached hydrogens (tertiary/aromatic N) is 1. The summed E-state index contributed by atoms with van der Waals surface area (Å²) in [6.45, 7) is 5.31. The van der Waals surface area contributed by atoms with E-state index in [9.17, 15) is 4.79 Å². The van der Waals surface area contributed by atoms with Crippen LogP contribution in [0.4, 0.5) is 0 Å². The number of ether oxygens (including phenoxy) is 1. The minimum atomic E-state index is -0.723. The van der Waals surface area contributed by atoms with E-state index in [4.69, 9.17) is 9.84 Å². The molecular weight excluding hydrogens is 242 g/mol. The summed E-state index contributed by atoms with van der Waals surface area (Å²) in [6, 6.07) is 10.2. The van der Waals surface area contributed by atoms with E-state index in [1.165, 1.54) is 5.56 Å². The first-order valence-corrected chi connectivity index (χ1v) is 6.74. The van der Waals surface area contributed by atoms with E-state index in [1.54, 1.807) is 0 Å². The smallest absolute Gasteiger partial charge is 0.303 e. The minimum absolute atomic E-state index is 0.236. The summed E-state index contributed by atoms with van der Waals surface area (Å²) < 4.78 is 5.95. The maximum atomic E-state index is 10.5. The summed E-state index contributed by atoms with van der Waals surface area (Å²) in [5, 5.41) is 8.68. The molecule has 1 aromatic carbocycles. The van der Waals surface area contributed by atoms with Gasteiger partial charge in [0.1, 0.15) is 5.60 Å². The van der Waals surface area contributed by atoms with Crippen LogP contribution in [0.1, 0.15) is 25.3 Å². The lowest BCUT2D eigenvalue weighted by atomic mass is 9.94. The van der Waals surface area contributed by atoms with Gasteiger partial charge in [0.05, 0.1) is 6.61 Å². The number of morpholine rings is 1. The second-order valence-corrected chi connectivity index (χ2v) is 5.22.